The lowest BCUT2D eigenvalue weighted by atomic mass is 9.46. The minimum Gasteiger partial charge on any atom is -0.466 e. The molecule has 6 atom stereocenters. The fourth-order valence-electron chi connectivity index (χ4n) is 6.84. The molecular formula is C23H36O4. The van der Waals surface area contributed by atoms with Gasteiger partial charge in [-0.3, -0.25) is 9.59 Å². The molecule has 3 aliphatic rings. The molecule has 3 rings (SSSR count). The van der Waals surface area contributed by atoms with Crippen LogP contribution in [0.5, 0.6) is 0 Å². The molecular weight excluding hydrogens is 340 g/mol. The molecule has 0 heterocycles. The molecule has 0 aromatic carbocycles. The molecule has 0 aromatic heterocycles. The highest BCUT2D eigenvalue weighted by molar-refractivity contribution is 5.88. The molecule has 3 aliphatic carbocycles. The Kier molecular flexibility index (Phi) is 6.12. The Morgan fingerprint density at radius 2 is 1.96 bits per heavy atom. The van der Waals surface area contributed by atoms with Gasteiger partial charge in [0, 0.05) is 24.7 Å². The first-order valence-corrected chi connectivity index (χ1v) is 10.9. The Morgan fingerprint density at radius 1 is 1.19 bits per heavy atom. The molecule has 4 nitrogen and oxygen atoms in total. The van der Waals surface area contributed by atoms with Crippen LogP contribution >= 0.6 is 0 Å². The third-order valence-electron chi connectivity index (χ3n) is 8.54. The van der Waals surface area contributed by atoms with Crippen LogP contribution < -0.4 is 0 Å². The lowest BCUT2D eigenvalue weighted by molar-refractivity contribution is -0.155. The van der Waals surface area contributed by atoms with Gasteiger partial charge in [0.05, 0.1) is 6.61 Å². The van der Waals surface area contributed by atoms with Gasteiger partial charge >= 0.3 is 5.97 Å². The molecule has 4 heteroatoms. The smallest absolute Gasteiger partial charge is 0.302 e. The predicted octanol–water partition coefficient (Wildman–Crippen LogP) is 4.74. The molecule has 0 amide bonds. The van der Waals surface area contributed by atoms with Crippen LogP contribution in [-0.4, -0.2) is 24.6 Å². The summed E-state index contributed by atoms with van der Waals surface area (Å²) < 4.78 is 5.12. The number of carbonyl (C=O) groups is 3. The Balaban J connectivity index is 1.77. The predicted molar refractivity (Wildman–Crippen MR) is 104 cm³/mol. The standard InChI is InChI=1S/C23H36O4/c1-16(25)27-15-11-18(10-14-24)23(3)13-9-20-19(21(23)26)8-7-17-6-4-5-12-22(17,20)2/h14,17-20H,4-13,15H2,1-3H3/t17-,18+,19+,20-,22-,23+/m0/s1. The second-order valence-corrected chi connectivity index (χ2v) is 9.79. The number of hydrogen-bond donors (Lipinski definition) is 0. The van der Waals surface area contributed by atoms with E-state index in [-0.39, 0.29) is 17.8 Å². The van der Waals surface area contributed by atoms with Crippen molar-refractivity contribution in [3.63, 3.8) is 0 Å². The van der Waals surface area contributed by atoms with E-state index in [0.29, 0.717) is 36.6 Å². The zero-order valence-corrected chi connectivity index (χ0v) is 17.3. The number of carbonyl (C=O) groups excluding carboxylic acids is 3. The Morgan fingerprint density at radius 3 is 2.67 bits per heavy atom. The van der Waals surface area contributed by atoms with Gasteiger partial charge in [0.2, 0.25) is 0 Å². The number of ketones is 1. The number of hydrogen-bond acceptors (Lipinski definition) is 4. The molecule has 3 fully saturated rings. The second kappa shape index (κ2) is 8.05. The normalized spacial score (nSPS) is 39.8. The third-order valence-corrected chi connectivity index (χ3v) is 8.54. The molecule has 0 spiro atoms. The molecule has 0 aliphatic heterocycles. The van der Waals surface area contributed by atoms with Crippen LogP contribution in [0.25, 0.3) is 0 Å². The zero-order valence-electron chi connectivity index (χ0n) is 17.3. The Labute approximate surface area is 163 Å². The summed E-state index contributed by atoms with van der Waals surface area (Å²) in [5.74, 6) is 1.52. The maximum Gasteiger partial charge on any atom is 0.302 e. The van der Waals surface area contributed by atoms with E-state index in [1.165, 1.54) is 39.0 Å². The van der Waals surface area contributed by atoms with Gasteiger partial charge in [0.15, 0.2) is 0 Å². The maximum absolute atomic E-state index is 13.7. The van der Waals surface area contributed by atoms with Gasteiger partial charge in [-0.1, -0.05) is 26.7 Å². The van der Waals surface area contributed by atoms with Crippen molar-refractivity contribution in [2.75, 3.05) is 6.61 Å². The van der Waals surface area contributed by atoms with E-state index >= 15 is 0 Å². The highest BCUT2D eigenvalue weighted by Crippen LogP contribution is 2.61. The summed E-state index contributed by atoms with van der Waals surface area (Å²) in [6.07, 6.45) is 11.3. The van der Waals surface area contributed by atoms with Crippen LogP contribution in [0.15, 0.2) is 0 Å². The van der Waals surface area contributed by atoms with E-state index in [9.17, 15) is 14.4 Å². The largest absolute Gasteiger partial charge is 0.466 e. The Bertz CT molecular complexity index is 585. The molecule has 152 valence electrons. The van der Waals surface area contributed by atoms with Crippen LogP contribution in [-0.2, 0) is 19.1 Å². The summed E-state index contributed by atoms with van der Waals surface area (Å²) in [7, 11) is 0. The number of fused-ring (bicyclic) bond motifs is 3. The van der Waals surface area contributed by atoms with E-state index in [1.54, 1.807) is 0 Å². The van der Waals surface area contributed by atoms with Crippen LogP contribution in [0, 0.1) is 34.5 Å². The van der Waals surface area contributed by atoms with E-state index < -0.39 is 5.41 Å². The number of esters is 1. The van der Waals surface area contributed by atoms with E-state index in [2.05, 4.69) is 13.8 Å². The number of ether oxygens (including phenoxy) is 1. The first-order valence-electron chi connectivity index (χ1n) is 10.9. The molecule has 0 bridgehead atoms. The van der Waals surface area contributed by atoms with Crippen LogP contribution in [0.3, 0.4) is 0 Å². The van der Waals surface area contributed by atoms with Gasteiger partial charge in [-0.15, -0.1) is 0 Å². The molecule has 0 saturated heterocycles. The monoisotopic (exact) mass is 376 g/mol. The molecule has 0 radical (unpaired) electrons. The highest BCUT2D eigenvalue weighted by atomic mass is 16.5. The van der Waals surface area contributed by atoms with Crippen LogP contribution in [0.2, 0.25) is 0 Å². The fourth-order valence-corrected chi connectivity index (χ4v) is 6.84. The van der Waals surface area contributed by atoms with Gasteiger partial charge in [0.1, 0.15) is 12.1 Å². The van der Waals surface area contributed by atoms with Crippen molar-refractivity contribution >= 4 is 18.0 Å². The second-order valence-electron chi connectivity index (χ2n) is 9.79. The summed E-state index contributed by atoms with van der Waals surface area (Å²) in [4.78, 5) is 36.1. The first-order chi connectivity index (χ1) is 12.8. The summed E-state index contributed by atoms with van der Waals surface area (Å²) in [6.45, 7) is 6.22. The van der Waals surface area contributed by atoms with E-state index in [4.69, 9.17) is 4.74 Å². The quantitative estimate of drug-likeness (QED) is 0.496. The Hall–Kier alpha value is -1.19. The van der Waals surface area contributed by atoms with Crippen molar-refractivity contribution in [1.29, 1.82) is 0 Å². The lowest BCUT2D eigenvalue weighted by Gasteiger charge is -2.58. The number of Topliss-reactive ketones (excluding diaryl/α,β-unsaturated/α-hetero) is 1. The summed E-state index contributed by atoms with van der Waals surface area (Å²) >= 11 is 0. The number of rotatable bonds is 6. The fraction of sp³-hybridized carbons (Fsp3) is 0.870. The summed E-state index contributed by atoms with van der Waals surface area (Å²) in [5, 5.41) is 0. The minimum absolute atomic E-state index is 0.0281. The summed E-state index contributed by atoms with van der Waals surface area (Å²) in [5.41, 5.74) is -0.129. The first kappa shape index (κ1) is 20.5. The topological polar surface area (TPSA) is 60.4 Å². The van der Waals surface area contributed by atoms with Crippen molar-refractivity contribution in [2.24, 2.45) is 34.5 Å². The van der Waals surface area contributed by atoms with Crippen molar-refractivity contribution in [3.8, 4) is 0 Å². The molecule has 0 aromatic rings. The van der Waals surface area contributed by atoms with Gasteiger partial charge < -0.3 is 9.53 Å². The summed E-state index contributed by atoms with van der Waals surface area (Å²) in [6, 6.07) is 0. The molecule has 0 N–H and O–H groups in total. The van der Waals surface area contributed by atoms with Crippen molar-refractivity contribution < 1.29 is 19.1 Å². The van der Waals surface area contributed by atoms with Crippen molar-refractivity contribution in [3.05, 3.63) is 0 Å². The molecule has 0 unspecified atom stereocenters. The lowest BCUT2D eigenvalue weighted by Crippen LogP contribution is -2.55. The highest BCUT2D eigenvalue weighted by Gasteiger charge is 2.57. The number of aldehydes is 1. The van der Waals surface area contributed by atoms with Crippen molar-refractivity contribution in [1.82, 2.24) is 0 Å². The third kappa shape index (κ3) is 3.73. The average molecular weight is 377 g/mol. The zero-order chi connectivity index (χ0) is 19.7. The SMILES string of the molecule is CC(=O)OCC[C@@H](CC=O)[C@@]1(C)CC[C@H]2[C@@H](CC[C@@H]3CCCC[C@@]32C)C1=O. The van der Waals surface area contributed by atoms with E-state index in [0.717, 1.165) is 31.5 Å². The minimum atomic E-state index is -0.458. The van der Waals surface area contributed by atoms with Gasteiger partial charge in [-0.05, 0) is 68.1 Å². The molecule has 27 heavy (non-hydrogen) atoms. The molecule has 3 saturated carbocycles. The van der Waals surface area contributed by atoms with Gasteiger partial charge in [0.25, 0.3) is 0 Å². The van der Waals surface area contributed by atoms with Gasteiger partial charge in [-0.25, -0.2) is 0 Å². The average Bonchev–Trinajstić information content (AvgIpc) is 2.63. The van der Waals surface area contributed by atoms with Crippen LogP contribution in [0.1, 0.15) is 85.0 Å². The van der Waals surface area contributed by atoms with E-state index in [1.807, 2.05) is 0 Å². The maximum atomic E-state index is 13.7. The van der Waals surface area contributed by atoms with Crippen LogP contribution in [0.4, 0.5) is 0 Å². The van der Waals surface area contributed by atoms with Crippen molar-refractivity contribution in [2.45, 2.75) is 85.0 Å². The van der Waals surface area contributed by atoms with Gasteiger partial charge in [-0.2, -0.15) is 0 Å².